The predicted molar refractivity (Wildman–Crippen MR) is 47.3 cm³/mol. The molecule has 0 heterocycles. The van der Waals surface area contributed by atoms with Crippen LogP contribution in [0.3, 0.4) is 0 Å². The molecule has 0 aromatic rings. The maximum atomic E-state index is 5.32. The Bertz CT molecular complexity index is 89.3. The summed E-state index contributed by atoms with van der Waals surface area (Å²) >= 11 is 5.32. The molecular weight excluding hydrogens is 146 g/mol. The largest absolute Gasteiger partial charge is 0.313 e. The van der Waals surface area contributed by atoms with Crippen LogP contribution >= 0.6 is 11.6 Å². The van der Waals surface area contributed by atoms with Crippen molar-refractivity contribution < 1.29 is 0 Å². The van der Waals surface area contributed by atoms with Crippen molar-refractivity contribution in [1.29, 1.82) is 0 Å². The Morgan fingerprint density at radius 2 is 2.20 bits per heavy atom. The molecule has 0 fully saturated rings. The Kier molecular flexibility index (Phi) is 7.09. The molecule has 2 heteroatoms. The molecule has 0 bridgehead atoms. The lowest BCUT2D eigenvalue weighted by Crippen LogP contribution is -2.16. The van der Waals surface area contributed by atoms with Gasteiger partial charge in [-0.25, -0.2) is 0 Å². The van der Waals surface area contributed by atoms with Crippen molar-refractivity contribution in [3.8, 4) is 0 Å². The molecule has 0 amide bonds. The zero-order chi connectivity index (χ0) is 7.82. The molecular formula is C8H16ClN. The van der Waals surface area contributed by atoms with Crippen LogP contribution < -0.4 is 5.32 Å². The molecule has 0 aliphatic heterocycles. The van der Waals surface area contributed by atoms with Crippen molar-refractivity contribution in [2.75, 3.05) is 13.1 Å². The van der Waals surface area contributed by atoms with Gasteiger partial charge in [0.1, 0.15) is 0 Å². The number of rotatable bonds is 5. The smallest absolute Gasteiger partial charge is 0.0146 e. The molecule has 0 aromatic carbocycles. The zero-order valence-electron chi connectivity index (χ0n) is 6.73. The van der Waals surface area contributed by atoms with E-state index < -0.39 is 0 Å². The van der Waals surface area contributed by atoms with E-state index in [4.69, 9.17) is 11.6 Å². The van der Waals surface area contributed by atoms with Gasteiger partial charge >= 0.3 is 0 Å². The molecule has 0 radical (unpaired) electrons. The van der Waals surface area contributed by atoms with E-state index in [0.29, 0.717) is 0 Å². The highest BCUT2D eigenvalue weighted by atomic mass is 35.5. The Balaban J connectivity index is 2.91. The fourth-order valence-corrected chi connectivity index (χ4v) is 0.710. The molecule has 0 saturated heterocycles. The van der Waals surface area contributed by atoms with E-state index in [2.05, 4.69) is 19.2 Å². The monoisotopic (exact) mass is 161 g/mol. The minimum atomic E-state index is 0.785. The summed E-state index contributed by atoms with van der Waals surface area (Å²) in [7, 11) is 0. The van der Waals surface area contributed by atoms with Crippen LogP contribution in [0.25, 0.3) is 0 Å². The molecule has 10 heavy (non-hydrogen) atoms. The predicted octanol–water partition coefficient (Wildman–Crippen LogP) is 2.37. The van der Waals surface area contributed by atoms with E-state index in [-0.39, 0.29) is 0 Å². The first-order chi connectivity index (χ1) is 4.77. The van der Waals surface area contributed by atoms with Gasteiger partial charge in [-0.3, -0.25) is 0 Å². The second-order valence-electron chi connectivity index (χ2n) is 2.75. The van der Waals surface area contributed by atoms with Crippen molar-refractivity contribution in [3.05, 3.63) is 11.6 Å². The average molecular weight is 162 g/mol. The van der Waals surface area contributed by atoms with Crippen LogP contribution in [0.15, 0.2) is 11.6 Å². The molecule has 0 aliphatic carbocycles. The molecule has 0 rings (SSSR count). The van der Waals surface area contributed by atoms with Gasteiger partial charge in [-0.2, -0.15) is 0 Å². The van der Waals surface area contributed by atoms with Crippen LogP contribution in [0.2, 0.25) is 0 Å². The topological polar surface area (TPSA) is 12.0 Å². The first-order valence-corrected chi connectivity index (χ1v) is 4.17. The summed E-state index contributed by atoms with van der Waals surface area (Å²) in [5.74, 6) is 0.785. The molecule has 0 aliphatic rings. The number of hydrogen-bond donors (Lipinski definition) is 1. The lowest BCUT2D eigenvalue weighted by Gasteiger charge is -2.03. The Morgan fingerprint density at radius 3 is 2.70 bits per heavy atom. The van der Waals surface area contributed by atoms with Crippen molar-refractivity contribution in [1.82, 2.24) is 5.32 Å². The third-order valence-corrected chi connectivity index (χ3v) is 1.43. The number of halogens is 1. The molecule has 0 spiro atoms. The van der Waals surface area contributed by atoms with Gasteiger partial charge in [0.2, 0.25) is 0 Å². The maximum absolute atomic E-state index is 5.32. The van der Waals surface area contributed by atoms with E-state index in [1.165, 1.54) is 6.42 Å². The fourth-order valence-electron chi connectivity index (χ4n) is 0.621. The van der Waals surface area contributed by atoms with Crippen LogP contribution in [-0.2, 0) is 0 Å². The van der Waals surface area contributed by atoms with Crippen LogP contribution in [0.1, 0.15) is 20.3 Å². The van der Waals surface area contributed by atoms with Gasteiger partial charge in [0.15, 0.2) is 0 Å². The highest BCUT2D eigenvalue weighted by Gasteiger charge is 1.90. The van der Waals surface area contributed by atoms with E-state index in [9.17, 15) is 0 Å². The summed E-state index contributed by atoms with van der Waals surface area (Å²) < 4.78 is 0. The van der Waals surface area contributed by atoms with Crippen LogP contribution in [0.4, 0.5) is 0 Å². The van der Waals surface area contributed by atoms with Gasteiger partial charge < -0.3 is 5.32 Å². The highest BCUT2D eigenvalue weighted by molar-refractivity contribution is 6.25. The average Bonchev–Trinajstić information content (AvgIpc) is 1.87. The van der Waals surface area contributed by atoms with Gasteiger partial charge in [0.25, 0.3) is 0 Å². The Labute approximate surface area is 68.5 Å². The first kappa shape index (κ1) is 9.99. The summed E-state index contributed by atoms with van der Waals surface area (Å²) in [6, 6.07) is 0. The van der Waals surface area contributed by atoms with Crippen molar-refractivity contribution in [3.63, 3.8) is 0 Å². The number of hydrogen-bond acceptors (Lipinski definition) is 1. The quantitative estimate of drug-likeness (QED) is 0.611. The third kappa shape index (κ3) is 7.99. The van der Waals surface area contributed by atoms with Gasteiger partial charge in [-0.05, 0) is 18.9 Å². The Morgan fingerprint density at radius 1 is 1.50 bits per heavy atom. The molecule has 0 aromatic heterocycles. The zero-order valence-corrected chi connectivity index (χ0v) is 7.49. The minimum Gasteiger partial charge on any atom is -0.313 e. The fraction of sp³-hybridized carbons (Fsp3) is 0.750. The molecule has 0 unspecified atom stereocenters. The van der Waals surface area contributed by atoms with Gasteiger partial charge in [0, 0.05) is 12.1 Å². The third-order valence-electron chi connectivity index (χ3n) is 1.25. The second-order valence-corrected chi connectivity index (χ2v) is 3.00. The standard InChI is InChI=1S/C8H16ClN/c1-8(2)4-7-10-6-3-5-9/h3,5,8,10H,4,6-7H2,1-2H3/b5-3+. The van der Waals surface area contributed by atoms with Crippen molar-refractivity contribution >= 4 is 11.6 Å². The SMILES string of the molecule is CC(C)CCNC/C=C/Cl. The van der Waals surface area contributed by atoms with Crippen LogP contribution in [0.5, 0.6) is 0 Å². The normalized spacial score (nSPS) is 11.6. The van der Waals surface area contributed by atoms with Gasteiger partial charge in [-0.1, -0.05) is 31.5 Å². The summed E-state index contributed by atoms with van der Waals surface area (Å²) in [6.07, 6.45) is 3.14. The summed E-state index contributed by atoms with van der Waals surface area (Å²) in [4.78, 5) is 0. The van der Waals surface area contributed by atoms with E-state index in [0.717, 1.165) is 19.0 Å². The summed E-state index contributed by atoms with van der Waals surface area (Å²) in [5, 5.41) is 3.25. The number of nitrogens with one attached hydrogen (secondary N) is 1. The van der Waals surface area contributed by atoms with Crippen molar-refractivity contribution in [2.24, 2.45) is 5.92 Å². The van der Waals surface area contributed by atoms with Crippen molar-refractivity contribution in [2.45, 2.75) is 20.3 Å². The van der Waals surface area contributed by atoms with E-state index in [1.807, 2.05) is 6.08 Å². The highest BCUT2D eigenvalue weighted by Crippen LogP contribution is 1.95. The van der Waals surface area contributed by atoms with Crippen LogP contribution in [0, 0.1) is 5.92 Å². The molecule has 0 saturated carbocycles. The Hall–Kier alpha value is -0.0100. The molecule has 60 valence electrons. The minimum absolute atomic E-state index is 0.785. The molecule has 0 atom stereocenters. The van der Waals surface area contributed by atoms with E-state index in [1.54, 1.807) is 5.54 Å². The summed E-state index contributed by atoms with van der Waals surface area (Å²) in [5.41, 5.74) is 1.54. The lowest BCUT2D eigenvalue weighted by atomic mass is 10.1. The lowest BCUT2D eigenvalue weighted by molar-refractivity contribution is 0.552. The van der Waals surface area contributed by atoms with Gasteiger partial charge in [0.05, 0.1) is 0 Å². The molecule has 1 N–H and O–H groups in total. The van der Waals surface area contributed by atoms with Crippen LogP contribution in [-0.4, -0.2) is 13.1 Å². The second kappa shape index (κ2) is 7.10. The maximum Gasteiger partial charge on any atom is 0.0146 e. The van der Waals surface area contributed by atoms with E-state index >= 15 is 0 Å². The first-order valence-electron chi connectivity index (χ1n) is 3.73. The van der Waals surface area contributed by atoms with Gasteiger partial charge in [-0.15, -0.1) is 0 Å². The molecule has 1 nitrogen and oxygen atoms in total. The summed E-state index contributed by atoms with van der Waals surface area (Å²) in [6.45, 7) is 6.41.